The van der Waals surface area contributed by atoms with Gasteiger partial charge in [0.05, 0.1) is 0 Å². The molecule has 0 N–H and O–H groups in total. The Bertz CT molecular complexity index is 740. The Balaban J connectivity index is 1.79. The topological polar surface area (TPSA) is 30.7 Å². The van der Waals surface area contributed by atoms with E-state index in [-0.39, 0.29) is 5.82 Å². The molecule has 2 aromatic carbocycles. The molecule has 21 heavy (non-hydrogen) atoms. The van der Waals surface area contributed by atoms with Crippen LogP contribution in [0.4, 0.5) is 4.39 Å². The molecule has 0 saturated heterocycles. The summed E-state index contributed by atoms with van der Waals surface area (Å²) in [5.74, 6) is 1.16. The summed E-state index contributed by atoms with van der Waals surface area (Å²) in [5.41, 5.74) is 1.69. The fourth-order valence-electron chi connectivity index (χ4n) is 2.04. The maximum absolute atomic E-state index is 13.6. The third-order valence-corrected chi connectivity index (χ3v) is 4.25. The molecule has 0 amide bonds. The molecular formula is C16H14FN3S. The van der Waals surface area contributed by atoms with Gasteiger partial charge in [-0.15, -0.1) is 10.2 Å². The number of halogens is 1. The van der Waals surface area contributed by atoms with Crippen molar-refractivity contribution in [2.45, 2.75) is 10.9 Å². The second-order valence-corrected chi connectivity index (χ2v) is 5.55. The van der Waals surface area contributed by atoms with Gasteiger partial charge in [-0.05, 0) is 11.6 Å². The Morgan fingerprint density at radius 2 is 1.71 bits per heavy atom. The largest absolute Gasteiger partial charge is 0.305 e. The van der Waals surface area contributed by atoms with Crippen molar-refractivity contribution in [3.8, 4) is 11.4 Å². The molecule has 1 aromatic heterocycles. The Morgan fingerprint density at radius 1 is 1.00 bits per heavy atom. The van der Waals surface area contributed by atoms with Crippen molar-refractivity contribution in [3.05, 3.63) is 66.0 Å². The first-order chi connectivity index (χ1) is 10.3. The molecule has 3 rings (SSSR count). The summed E-state index contributed by atoms with van der Waals surface area (Å²) >= 11 is 1.48. The predicted octanol–water partition coefficient (Wildman–Crippen LogP) is 3.91. The molecule has 106 valence electrons. The second-order valence-electron chi connectivity index (χ2n) is 4.61. The second kappa shape index (κ2) is 6.10. The third-order valence-electron chi connectivity index (χ3n) is 3.18. The lowest BCUT2D eigenvalue weighted by atomic mass is 10.2. The summed E-state index contributed by atoms with van der Waals surface area (Å²) in [6.07, 6.45) is 0. The molecule has 0 radical (unpaired) electrons. The first-order valence-electron chi connectivity index (χ1n) is 6.57. The molecule has 0 aliphatic carbocycles. The van der Waals surface area contributed by atoms with Gasteiger partial charge >= 0.3 is 0 Å². The monoisotopic (exact) mass is 299 g/mol. The van der Waals surface area contributed by atoms with Crippen molar-refractivity contribution >= 4 is 11.8 Å². The maximum atomic E-state index is 13.6. The standard InChI is InChI=1S/C16H14FN3S/c1-20-15(12-7-3-2-4-8-12)18-19-16(20)21-11-13-9-5-6-10-14(13)17/h2-10H,11H2,1H3. The van der Waals surface area contributed by atoms with Crippen molar-refractivity contribution in [1.82, 2.24) is 14.8 Å². The summed E-state index contributed by atoms with van der Waals surface area (Å²) < 4.78 is 15.5. The molecule has 0 atom stereocenters. The van der Waals surface area contributed by atoms with Crippen LogP contribution in [0.3, 0.4) is 0 Å². The van der Waals surface area contributed by atoms with Gasteiger partial charge in [-0.1, -0.05) is 60.3 Å². The smallest absolute Gasteiger partial charge is 0.191 e. The lowest BCUT2D eigenvalue weighted by Crippen LogP contribution is -1.95. The molecule has 0 aliphatic heterocycles. The van der Waals surface area contributed by atoms with Crippen LogP contribution < -0.4 is 0 Å². The number of hydrogen-bond donors (Lipinski definition) is 0. The average Bonchev–Trinajstić information content (AvgIpc) is 2.88. The van der Waals surface area contributed by atoms with E-state index in [4.69, 9.17) is 0 Å². The van der Waals surface area contributed by atoms with Crippen LogP contribution >= 0.6 is 11.8 Å². The minimum atomic E-state index is -0.185. The quantitative estimate of drug-likeness (QED) is 0.684. The minimum absolute atomic E-state index is 0.185. The van der Waals surface area contributed by atoms with Crippen molar-refractivity contribution < 1.29 is 4.39 Å². The van der Waals surface area contributed by atoms with Gasteiger partial charge in [0.15, 0.2) is 11.0 Å². The normalized spacial score (nSPS) is 10.8. The highest BCUT2D eigenvalue weighted by atomic mass is 32.2. The lowest BCUT2D eigenvalue weighted by Gasteiger charge is -2.04. The SMILES string of the molecule is Cn1c(SCc2ccccc2F)nnc1-c1ccccc1. The van der Waals surface area contributed by atoms with E-state index in [1.165, 1.54) is 17.8 Å². The van der Waals surface area contributed by atoms with E-state index < -0.39 is 0 Å². The van der Waals surface area contributed by atoms with E-state index in [0.717, 1.165) is 16.5 Å². The molecule has 0 aliphatic rings. The van der Waals surface area contributed by atoms with Gasteiger partial charge in [0.25, 0.3) is 0 Å². The first kappa shape index (κ1) is 13.8. The van der Waals surface area contributed by atoms with Crippen LogP contribution in [0.2, 0.25) is 0 Å². The molecular weight excluding hydrogens is 285 g/mol. The Morgan fingerprint density at radius 3 is 2.48 bits per heavy atom. The van der Waals surface area contributed by atoms with E-state index in [9.17, 15) is 4.39 Å². The zero-order valence-corrected chi connectivity index (χ0v) is 12.3. The van der Waals surface area contributed by atoms with E-state index in [0.29, 0.717) is 11.3 Å². The van der Waals surface area contributed by atoms with Crippen LogP contribution in [0.15, 0.2) is 59.8 Å². The number of nitrogens with zero attached hydrogens (tertiary/aromatic N) is 3. The molecule has 0 bridgehead atoms. The van der Waals surface area contributed by atoms with E-state index in [1.807, 2.05) is 48.0 Å². The van der Waals surface area contributed by atoms with E-state index in [1.54, 1.807) is 12.1 Å². The predicted molar refractivity (Wildman–Crippen MR) is 82.4 cm³/mol. The third kappa shape index (κ3) is 2.97. The summed E-state index contributed by atoms with van der Waals surface area (Å²) in [5, 5.41) is 9.18. The number of benzene rings is 2. The van der Waals surface area contributed by atoms with Crippen molar-refractivity contribution in [2.24, 2.45) is 7.05 Å². The molecule has 5 heteroatoms. The lowest BCUT2D eigenvalue weighted by molar-refractivity contribution is 0.617. The number of rotatable bonds is 4. The molecule has 3 aromatic rings. The Hall–Kier alpha value is -2.14. The Labute approximate surface area is 126 Å². The Kier molecular flexibility index (Phi) is 4.01. The average molecular weight is 299 g/mol. The number of hydrogen-bond acceptors (Lipinski definition) is 3. The summed E-state index contributed by atoms with van der Waals surface area (Å²) in [6.45, 7) is 0. The zero-order chi connectivity index (χ0) is 14.7. The van der Waals surface area contributed by atoms with Crippen molar-refractivity contribution in [2.75, 3.05) is 0 Å². The molecule has 0 spiro atoms. The van der Waals surface area contributed by atoms with Gasteiger partial charge < -0.3 is 4.57 Å². The molecule has 1 heterocycles. The molecule has 0 saturated carbocycles. The fraction of sp³-hybridized carbons (Fsp3) is 0.125. The number of aromatic nitrogens is 3. The van der Waals surface area contributed by atoms with Gasteiger partial charge in [0.2, 0.25) is 0 Å². The number of thioether (sulfide) groups is 1. The van der Waals surface area contributed by atoms with Gasteiger partial charge in [-0.3, -0.25) is 0 Å². The van der Waals surface area contributed by atoms with Gasteiger partial charge in [-0.2, -0.15) is 0 Å². The van der Waals surface area contributed by atoms with Crippen molar-refractivity contribution in [3.63, 3.8) is 0 Å². The van der Waals surface area contributed by atoms with Crippen molar-refractivity contribution in [1.29, 1.82) is 0 Å². The maximum Gasteiger partial charge on any atom is 0.191 e. The van der Waals surface area contributed by atoms with Crippen LogP contribution in [0.25, 0.3) is 11.4 Å². The van der Waals surface area contributed by atoms with Crippen LogP contribution in [0, 0.1) is 5.82 Å². The van der Waals surface area contributed by atoms with E-state index in [2.05, 4.69) is 10.2 Å². The highest BCUT2D eigenvalue weighted by Gasteiger charge is 2.11. The van der Waals surface area contributed by atoms with Crippen LogP contribution in [-0.4, -0.2) is 14.8 Å². The van der Waals surface area contributed by atoms with Crippen LogP contribution in [0.5, 0.6) is 0 Å². The van der Waals surface area contributed by atoms with Crippen LogP contribution in [0.1, 0.15) is 5.56 Å². The van der Waals surface area contributed by atoms with E-state index >= 15 is 0 Å². The van der Waals surface area contributed by atoms with Gasteiger partial charge in [0, 0.05) is 18.4 Å². The fourth-order valence-corrected chi connectivity index (χ4v) is 2.93. The minimum Gasteiger partial charge on any atom is -0.305 e. The zero-order valence-electron chi connectivity index (χ0n) is 11.5. The first-order valence-corrected chi connectivity index (χ1v) is 7.55. The summed E-state index contributed by atoms with van der Waals surface area (Å²) in [4.78, 5) is 0. The highest BCUT2D eigenvalue weighted by Crippen LogP contribution is 2.25. The van der Waals surface area contributed by atoms with Gasteiger partial charge in [0.1, 0.15) is 5.82 Å². The summed E-state index contributed by atoms with van der Waals surface area (Å²) in [6, 6.07) is 16.7. The molecule has 0 fully saturated rings. The summed E-state index contributed by atoms with van der Waals surface area (Å²) in [7, 11) is 1.92. The highest BCUT2D eigenvalue weighted by molar-refractivity contribution is 7.98. The van der Waals surface area contributed by atoms with Gasteiger partial charge in [-0.25, -0.2) is 4.39 Å². The van der Waals surface area contributed by atoms with Crippen LogP contribution in [-0.2, 0) is 12.8 Å². The molecule has 3 nitrogen and oxygen atoms in total. The molecule has 0 unspecified atom stereocenters.